The highest BCUT2D eigenvalue weighted by Crippen LogP contribution is 2.30. The molecule has 0 radical (unpaired) electrons. The number of rotatable bonds is 2. The van der Waals surface area contributed by atoms with Crippen LogP contribution in [0.1, 0.15) is 42.8 Å². The number of piperidine rings is 1. The third kappa shape index (κ3) is 2.42. The molecule has 0 aliphatic carbocycles. The maximum Gasteiger partial charge on any atom is 0.230 e. The van der Waals surface area contributed by atoms with Crippen molar-refractivity contribution in [2.45, 2.75) is 31.1 Å². The Kier molecular flexibility index (Phi) is 3.11. The van der Waals surface area contributed by atoms with Crippen LogP contribution in [-0.4, -0.2) is 43.2 Å². The van der Waals surface area contributed by atoms with Crippen LogP contribution < -0.4 is 5.32 Å². The predicted octanol–water partition coefficient (Wildman–Crippen LogP) is 0.439. The molecule has 7 heteroatoms. The first-order valence-electron chi connectivity index (χ1n) is 6.39. The average molecular weight is 271 g/mol. The van der Waals surface area contributed by atoms with Crippen LogP contribution in [0.4, 0.5) is 0 Å². The normalized spacial score (nSPS) is 28.6. The topological polar surface area (TPSA) is 85.1 Å². The molecular weight excluding hydrogens is 254 g/mol. The number of nitrogens with zero attached hydrogens (tertiary/aromatic N) is 2. The second-order valence-corrected chi connectivity index (χ2v) is 7.34. The van der Waals surface area contributed by atoms with Crippen molar-refractivity contribution in [3.05, 3.63) is 11.7 Å². The number of nitrogens with one attached hydrogen (secondary N) is 1. The molecule has 100 valence electrons. The lowest BCUT2D eigenvalue weighted by Gasteiger charge is -2.19. The van der Waals surface area contributed by atoms with Crippen molar-refractivity contribution in [2.24, 2.45) is 0 Å². The van der Waals surface area contributed by atoms with Gasteiger partial charge in [0.05, 0.1) is 17.4 Å². The summed E-state index contributed by atoms with van der Waals surface area (Å²) in [6, 6.07) is 0. The number of hydrogen-bond donors (Lipinski definition) is 1. The molecule has 0 aromatic carbocycles. The highest BCUT2D eigenvalue weighted by atomic mass is 32.2. The van der Waals surface area contributed by atoms with Crippen LogP contribution in [0.3, 0.4) is 0 Å². The Hall–Kier alpha value is -0.950. The first-order chi connectivity index (χ1) is 8.64. The maximum absolute atomic E-state index is 11.4. The van der Waals surface area contributed by atoms with Gasteiger partial charge in [0.1, 0.15) is 0 Å². The van der Waals surface area contributed by atoms with Gasteiger partial charge in [0.2, 0.25) is 5.89 Å². The van der Waals surface area contributed by atoms with Gasteiger partial charge in [-0.2, -0.15) is 4.98 Å². The second-order valence-electron chi connectivity index (χ2n) is 5.12. The maximum atomic E-state index is 11.4. The van der Waals surface area contributed by atoms with Crippen molar-refractivity contribution in [3.8, 4) is 0 Å². The van der Waals surface area contributed by atoms with E-state index in [0.717, 1.165) is 31.8 Å². The van der Waals surface area contributed by atoms with Crippen molar-refractivity contribution in [1.29, 1.82) is 0 Å². The summed E-state index contributed by atoms with van der Waals surface area (Å²) in [5, 5.41) is 7.32. The fourth-order valence-corrected chi connectivity index (χ4v) is 4.38. The van der Waals surface area contributed by atoms with Crippen LogP contribution in [0.2, 0.25) is 0 Å². The van der Waals surface area contributed by atoms with E-state index in [2.05, 4.69) is 15.5 Å². The molecule has 1 N–H and O–H groups in total. The molecule has 1 aromatic rings. The molecule has 3 rings (SSSR count). The lowest BCUT2D eigenvalue weighted by molar-refractivity contribution is 0.347. The van der Waals surface area contributed by atoms with Gasteiger partial charge in [-0.1, -0.05) is 5.16 Å². The van der Waals surface area contributed by atoms with E-state index >= 15 is 0 Å². The van der Waals surface area contributed by atoms with Crippen molar-refractivity contribution in [2.75, 3.05) is 24.6 Å². The third-order valence-corrected chi connectivity index (χ3v) is 5.51. The number of sulfone groups is 1. The van der Waals surface area contributed by atoms with Crippen molar-refractivity contribution in [3.63, 3.8) is 0 Å². The molecule has 1 atom stereocenters. The van der Waals surface area contributed by atoms with Crippen molar-refractivity contribution in [1.82, 2.24) is 15.5 Å². The Labute approximate surface area is 106 Å². The van der Waals surface area contributed by atoms with Crippen LogP contribution in [0.5, 0.6) is 0 Å². The summed E-state index contributed by atoms with van der Waals surface area (Å²) in [6.45, 7) is 1.96. The Bertz CT molecular complexity index is 519. The van der Waals surface area contributed by atoms with E-state index in [1.165, 1.54) is 0 Å². The molecule has 0 bridgehead atoms. The monoisotopic (exact) mass is 271 g/mol. The molecule has 1 aromatic heterocycles. The van der Waals surface area contributed by atoms with Crippen LogP contribution in [0.15, 0.2) is 4.52 Å². The van der Waals surface area contributed by atoms with E-state index in [4.69, 9.17) is 4.52 Å². The minimum atomic E-state index is -2.90. The summed E-state index contributed by atoms with van der Waals surface area (Å²) in [6.07, 6.45) is 2.64. The first-order valence-corrected chi connectivity index (χ1v) is 8.21. The van der Waals surface area contributed by atoms with Gasteiger partial charge in [-0.15, -0.1) is 0 Å². The Morgan fingerprint density at radius 3 is 2.61 bits per heavy atom. The van der Waals surface area contributed by atoms with Gasteiger partial charge in [0, 0.05) is 5.92 Å². The summed E-state index contributed by atoms with van der Waals surface area (Å²) >= 11 is 0. The highest BCUT2D eigenvalue weighted by Gasteiger charge is 2.33. The molecule has 0 saturated carbocycles. The second kappa shape index (κ2) is 4.62. The quantitative estimate of drug-likeness (QED) is 0.840. The Balaban J connectivity index is 1.73. The van der Waals surface area contributed by atoms with Gasteiger partial charge in [-0.25, -0.2) is 8.42 Å². The van der Waals surface area contributed by atoms with Gasteiger partial charge >= 0.3 is 0 Å². The van der Waals surface area contributed by atoms with E-state index in [1.807, 2.05) is 0 Å². The Morgan fingerprint density at radius 2 is 1.94 bits per heavy atom. The molecule has 1 unspecified atom stereocenters. The zero-order valence-corrected chi connectivity index (χ0v) is 10.9. The van der Waals surface area contributed by atoms with Crippen LogP contribution in [-0.2, 0) is 9.84 Å². The van der Waals surface area contributed by atoms with E-state index in [1.54, 1.807) is 0 Å². The molecule has 18 heavy (non-hydrogen) atoms. The predicted molar refractivity (Wildman–Crippen MR) is 65.2 cm³/mol. The summed E-state index contributed by atoms with van der Waals surface area (Å²) in [7, 11) is -2.90. The van der Waals surface area contributed by atoms with Crippen molar-refractivity contribution < 1.29 is 12.9 Å². The summed E-state index contributed by atoms with van der Waals surface area (Å²) < 4.78 is 28.1. The lowest BCUT2D eigenvalue weighted by Crippen LogP contribution is -2.27. The molecule has 3 heterocycles. The van der Waals surface area contributed by atoms with Gasteiger partial charge in [0.15, 0.2) is 15.7 Å². The standard InChI is InChI=1S/C11H17N3O3S/c15-18(16)6-3-9(7-18)11-13-10(14-17-11)8-1-4-12-5-2-8/h8-9,12H,1-7H2. The lowest BCUT2D eigenvalue weighted by atomic mass is 9.97. The van der Waals surface area contributed by atoms with Crippen LogP contribution >= 0.6 is 0 Å². The molecular formula is C11H17N3O3S. The number of aromatic nitrogens is 2. The van der Waals surface area contributed by atoms with Gasteiger partial charge in [-0.05, 0) is 32.4 Å². The summed E-state index contributed by atoms with van der Waals surface area (Å²) in [4.78, 5) is 4.41. The van der Waals surface area contributed by atoms with E-state index < -0.39 is 9.84 Å². The van der Waals surface area contributed by atoms with Gasteiger partial charge in [-0.3, -0.25) is 0 Å². The van der Waals surface area contributed by atoms with Gasteiger partial charge in [0.25, 0.3) is 0 Å². The summed E-state index contributed by atoms with van der Waals surface area (Å²) in [5.74, 6) is 1.89. The third-order valence-electron chi connectivity index (χ3n) is 3.74. The molecule has 6 nitrogen and oxygen atoms in total. The highest BCUT2D eigenvalue weighted by molar-refractivity contribution is 7.91. The Morgan fingerprint density at radius 1 is 1.17 bits per heavy atom. The summed E-state index contributed by atoms with van der Waals surface area (Å²) in [5.41, 5.74) is 0. The minimum Gasteiger partial charge on any atom is -0.339 e. The smallest absolute Gasteiger partial charge is 0.230 e. The molecule has 2 fully saturated rings. The molecule has 2 aliphatic rings. The fraction of sp³-hybridized carbons (Fsp3) is 0.818. The molecule has 0 amide bonds. The van der Waals surface area contributed by atoms with E-state index in [9.17, 15) is 8.42 Å². The van der Waals surface area contributed by atoms with E-state index in [0.29, 0.717) is 18.2 Å². The first kappa shape index (κ1) is 12.1. The van der Waals surface area contributed by atoms with E-state index in [-0.39, 0.29) is 17.4 Å². The molecule has 0 spiro atoms. The van der Waals surface area contributed by atoms with Gasteiger partial charge < -0.3 is 9.84 Å². The van der Waals surface area contributed by atoms with Crippen molar-refractivity contribution >= 4 is 9.84 Å². The minimum absolute atomic E-state index is 0.0991. The zero-order chi connectivity index (χ0) is 12.6. The zero-order valence-electron chi connectivity index (χ0n) is 10.1. The van der Waals surface area contributed by atoms with Crippen LogP contribution in [0.25, 0.3) is 0 Å². The SMILES string of the molecule is O=S1(=O)CCC(c2nc(C3CCNCC3)no2)C1. The average Bonchev–Trinajstić information content (AvgIpc) is 2.96. The fourth-order valence-electron chi connectivity index (χ4n) is 2.65. The molecule has 2 saturated heterocycles. The largest absolute Gasteiger partial charge is 0.339 e. The number of hydrogen-bond acceptors (Lipinski definition) is 6. The molecule has 2 aliphatic heterocycles. The van der Waals surface area contributed by atoms with Crippen LogP contribution in [0, 0.1) is 0 Å².